The standard InChI is InChI=1S/C10H10N2O/c1-7-4-5-9(13-7)8-3-2-6-12-10(8)11/h2-6H,1H3,(H2,11,12). The van der Waals surface area contributed by atoms with Gasteiger partial charge in [0.25, 0.3) is 0 Å². The summed E-state index contributed by atoms with van der Waals surface area (Å²) in [7, 11) is 0. The molecule has 2 rings (SSSR count). The first-order chi connectivity index (χ1) is 6.27. The number of hydrogen-bond acceptors (Lipinski definition) is 3. The molecule has 0 saturated heterocycles. The summed E-state index contributed by atoms with van der Waals surface area (Å²) in [4.78, 5) is 3.98. The number of nitrogen functional groups attached to an aromatic ring is 1. The molecule has 2 aromatic rings. The van der Waals surface area contributed by atoms with Gasteiger partial charge >= 0.3 is 0 Å². The second kappa shape index (κ2) is 2.94. The number of nitrogens with zero attached hydrogens (tertiary/aromatic N) is 1. The smallest absolute Gasteiger partial charge is 0.137 e. The third-order valence-electron chi connectivity index (χ3n) is 1.84. The normalized spacial score (nSPS) is 10.2. The molecule has 0 saturated carbocycles. The van der Waals surface area contributed by atoms with Crippen molar-refractivity contribution in [2.45, 2.75) is 6.92 Å². The molecule has 0 unspecified atom stereocenters. The number of hydrogen-bond donors (Lipinski definition) is 1. The van der Waals surface area contributed by atoms with E-state index in [2.05, 4.69) is 4.98 Å². The summed E-state index contributed by atoms with van der Waals surface area (Å²) in [6.45, 7) is 1.90. The van der Waals surface area contributed by atoms with E-state index in [0.717, 1.165) is 17.1 Å². The summed E-state index contributed by atoms with van der Waals surface area (Å²) in [5, 5.41) is 0. The first kappa shape index (κ1) is 7.86. The van der Waals surface area contributed by atoms with Crippen molar-refractivity contribution >= 4 is 5.82 Å². The molecule has 0 atom stereocenters. The lowest BCUT2D eigenvalue weighted by Gasteiger charge is -1.99. The fourth-order valence-electron chi connectivity index (χ4n) is 1.21. The highest BCUT2D eigenvalue weighted by molar-refractivity contribution is 5.69. The average molecular weight is 174 g/mol. The second-order valence-electron chi connectivity index (χ2n) is 2.85. The topological polar surface area (TPSA) is 52.0 Å². The van der Waals surface area contributed by atoms with Crippen LogP contribution in [0.3, 0.4) is 0 Å². The molecule has 0 aliphatic rings. The molecule has 2 heterocycles. The van der Waals surface area contributed by atoms with Gasteiger partial charge in [0.15, 0.2) is 0 Å². The van der Waals surface area contributed by atoms with Crippen molar-refractivity contribution in [2.24, 2.45) is 0 Å². The van der Waals surface area contributed by atoms with E-state index in [1.165, 1.54) is 0 Å². The quantitative estimate of drug-likeness (QED) is 0.721. The van der Waals surface area contributed by atoms with Gasteiger partial charge in [-0.15, -0.1) is 0 Å². The zero-order valence-electron chi connectivity index (χ0n) is 7.32. The minimum atomic E-state index is 0.497. The van der Waals surface area contributed by atoms with Crippen LogP contribution in [-0.4, -0.2) is 4.98 Å². The van der Waals surface area contributed by atoms with E-state index >= 15 is 0 Å². The van der Waals surface area contributed by atoms with E-state index in [9.17, 15) is 0 Å². The largest absolute Gasteiger partial charge is 0.461 e. The predicted octanol–water partition coefficient (Wildman–Crippen LogP) is 2.23. The van der Waals surface area contributed by atoms with E-state index in [1.807, 2.05) is 31.2 Å². The zero-order chi connectivity index (χ0) is 9.26. The van der Waals surface area contributed by atoms with Gasteiger partial charge in [0, 0.05) is 6.20 Å². The molecule has 3 heteroatoms. The number of rotatable bonds is 1. The van der Waals surface area contributed by atoms with Crippen LogP contribution in [0.2, 0.25) is 0 Å². The van der Waals surface area contributed by atoms with E-state index in [-0.39, 0.29) is 0 Å². The van der Waals surface area contributed by atoms with Gasteiger partial charge in [0.2, 0.25) is 0 Å². The molecule has 0 radical (unpaired) electrons. The molecule has 0 aliphatic heterocycles. The van der Waals surface area contributed by atoms with Crippen molar-refractivity contribution < 1.29 is 4.42 Å². The molecule has 2 aromatic heterocycles. The molecule has 0 amide bonds. The minimum Gasteiger partial charge on any atom is -0.461 e. The van der Waals surface area contributed by atoms with Gasteiger partial charge in [0.1, 0.15) is 17.3 Å². The van der Waals surface area contributed by atoms with Crippen molar-refractivity contribution in [1.29, 1.82) is 0 Å². The minimum absolute atomic E-state index is 0.497. The molecule has 0 spiro atoms. The third-order valence-corrected chi connectivity index (χ3v) is 1.84. The Morgan fingerprint density at radius 2 is 2.15 bits per heavy atom. The lowest BCUT2D eigenvalue weighted by atomic mass is 10.2. The van der Waals surface area contributed by atoms with Crippen LogP contribution in [0, 0.1) is 6.92 Å². The summed E-state index contributed by atoms with van der Waals surface area (Å²) in [5.74, 6) is 2.14. The fraction of sp³-hybridized carbons (Fsp3) is 0.100. The van der Waals surface area contributed by atoms with Gasteiger partial charge < -0.3 is 10.2 Å². The average Bonchev–Trinajstić information content (AvgIpc) is 2.53. The van der Waals surface area contributed by atoms with Crippen LogP contribution >= 0.6 is 0 Å². The van der Waals surface area contributed by atoms with Crippen LogP contribution in [0.25, 0.3) is 11.3 Å². The van der Waals surface area contributed by atoms with Crippen molar-refractivity contribution in [3.05, 3.63) is 36.2 Å². The summed E-state index contributed by atoms with van der Waals surface area (Å²) in [5.41, 5.74) is 6.53. The van der Waals surface area contributed by atoms with Crippen molar-refractivity contribution in [1.82, 2.24) is 4.98 Å². The van der Waals surface area contributed by atoms with Gasteiger partial charge in [-0.3, -0.25) is 0 Å². The number of anilines is 1. The first-order valence-corrected chi connectivity index (χ1v) is 4.04. The maximum Gasteiger partial charge on any atom is 0.137 e. The van der Waals surface area contributed by atoms with Gasteiger partial charge in [-0.1, -0.05) is 0 Å². The molecule has 0 aromatic carbocycles. The summed E-state index contributed by atoms with van der Waals surface area (Å²) in [6.07, 6.45) is 1.66. The lowest BCUT2D eigenvalue weighted by Crippen LogP contribution is -1.91. The molecular formula is C10H10N2O. The fourth-order valence-corrected chi connectivity index (χ4v) is 1.21. The van der Waals surface area contributed by atoms with Crippen LogP contribution in [0.4, 0.5) is 5.82 Å². The number of pyridine rings is 1. The van der Waals surface area contributed by atoms with Crippen LogP contribution in [0.5, 0.6) is 0 Å². The molecule has 2 N–H and O–H groups in total. The Balaban J connectivity index is 2.52. The zero-order valence-corrected chi connectivity index (χ0v) is 7.32. The second-order valence-corrected chi connectivity index (χ2v) is 2.85. The van der Waals surface area contributed by atoms with Crippen LogP contribution in [-0.2, 0) is 0 Å². The number of aryl methyl sites for hydroxylation is 1. The Morgan fingerprint density at radius 1 is 1.31 bits per heavy atom. The molecule has 0 aliphatic carbocycles. The molecule has 0 fully saturated rings. The Hall–Kier alpha value is -1.77. The summed E-state index contributed by atoms with van der Waals surface area (Å²) >= 11 is 0. The molecular weight excluding hydrogens is 164 g/mol. The Bertz CT molecular complexity index is 420. The Labute approximate surface area is 76.2 Å². The number of nitrogens with two attached hydrogens (primary N) is 1. The maximum atomic E-state index is 5.69. The van der Waals surface area contributed by atoms with Gasteiger partial charge in [0.05, 0.1) is 5.56 Å². The first-order valence-electron chi connectivity index (χ1n) is 4.04. The van der Waals surface area contributed by atoms with E-state index in [4.69, 9.17) is 10.2 Å². The molecule has 13 heavy (non-hydrogen) atoms. The van der Waals surface area contributed by atoms with Crippen LogP contribution in [0.15, 0.2) is 34.9 Å². The molecule has 3 nitrogen and oxygen atoms in total. The number of aromatic nitrogens is 1. The van der Waals surface area contributed by atoms with Gasteiger partial charge in [-0.2, -0.15) is 0 Å². The molecule has 0 bridgehead atoms. The Kier molecular flexibility index (Phi) is 1.77. The highest BCUT2D eigenvalue weighted by atomic mass is 16.3. The summed E-state index contributed by atoms with van der Waals surface area (Å²) in [6, 6.07) is 7.52. The van der Waals surface area contributed by atoms with E-state index < -0.39 is 0 Å². The van der Waals surface area contributed by atoms with Crippen molar-refractivity contribution in [3.8, 4) is 11.3 Å². The third kappa shape index (κ3) is 1.40. The van der Waals surface area contributed by atoms with Crippen molar-refractivity contribution in [3.63, 3.8) is 0 Å². The number of furan rings is 1. The monoisotopic (exact) mass is 174 g/mol. The SMILES string of the molecule is Cc1ccc(-c2cccnc2N)o1. The van der Waals surface area contributed by atoms with Crippen molar-refractivity contribution in [2.75, 3.05) is 5.73 Å². The molecule has 66 valence electrons. The summed E-state index contributed by atoms with van der Waals surface area (Å²) < 4.78 is 5.43. The Morgan fingerprint density at radius 3 is 2.77 bits per heavy atom. The highest BCUT2D eigenvalue weighted by Crippen LogP contribution is 2.25. The van der Waals surface area contributed by atoms with Gasteiger partial charge in [-0.05, 0) is 31.2 Å². The van der Waals surface area contributed by atoms with E-state index in [0.29, 0.717) is 5.82 Å². The lowest BCUT2D eigenvalue weighted by molar-refractivity contribution is 0.548. The van der Waals surface area contributed by atoms with Crippen LogP contribution < -0.4 is 5.73 Å². The van der Waals surface area contributed by atoms with Crippen LogP contribution in [0.1, 0.15) is 5.76 Å². The maximum absolute atomic E-state index is 5.69. The van der Waals surface area contributed by atoms with Gasteiger partial charge in [-0.25, -0.2) is 4.98 Å². The highest BCUT2D eigenvalue weighted by Gasteiger charge is 2.05. The predicted molar refractivity (Wildman–Crippen MR) is 51.1 cm³/mol. The van der Waals surface area contributed by atoms with E-state index in [1.54, 1.807) is 6.20 Å².